The van der Waals surface area contributed by atoms with E-state index < -0.39 is 0 Å². The second-order valence-corrected chi connectivity index (χ2v) is 7.00. The Kier molecular flexibility index (Phi) is 5.47. The molecule has 1 aromatic rings. The molecule has 1 fully saturated rings. The fraction of sp³-hybridized carbons (Fsp3) is 0.667. The minimum atomic E-state index is 0.575. The van der Waals surface area contributed by atoms with E-state index in [2.05, 4.69) is 61.4 Å². The number of benzene rings is 1. The van der Waals surface area contributed by atoms with Gasteiger partial charge in [0.1, 0.15) is 0 Å². The van der Waals surface area contributed by atoms with Gasteiger partial charge in [-0.3, -0.25) is 0 Å². The Morgan fingerprint density at radius 1 is 1.15 bits per heavy atom. The smallest absolute Gasteiger partial charge is 0.0363 e. The number of anilines is 1. The van der Waals surface area contributed by atoms with Crippen LogP contribution in [0.5, 0.6) is 0 Å². The zero-order valence-electron chi connectivity index (χ0n) is 13.4. The van der Waals surface area contributed by atoms with Crippen molar-refractivity contribution in [3.63, 3.8) is 0 Å². The van der Waals surface area contributed by atoms with Crippen molar-refractivity contribution in [2.24, 2.45) is 5.41 Å². The van der Waals surface area contributed by atoms with Crippen molar-refractivity contribution in [2.45, 2.75) is 52.0 Å². The third-order valence-electron chi connectivity index (χ3n) is 4.64. The Hall–Kier alpha value is -1.02. The molecule has 1 aromatic carbocycles. The molecule has 0 aromatic heterocycles. The Morgan fingerprint density at radius 2 is 1.80 bits per heavy atom. The van der Waals surface area contributed by atoms with E-state index >= 15 is 0 Å². The van der Waals surface area contributed by atoms with Gasteiger partial charge < -0.3 is 10.2 Å². The summed E-state index contributed by atoms with van der Waals surface area (Å²) in [6.07, 6.45) is 6.65. The summed E-state index contributed by atoms with van der Waals surface area (Å²) in [5.41, 5.74) is 1.89. The van der Waals surface area contributed by atoms with E-state index in [1.165, 1.54) is 37.8 Å². The molecule has 2 rings (SSSR count). The second-order valence-electron chi connectivity index (χ2n) is 7.00. The van der Waals surface area contributed by atoms with E-state index in [1.54, 1.807) is 0 Å². The zero-order chi connectivity index (χ0) is 14.4. The van der Waals surface area contributed by atoms with Crippen molar-refractivity contribution < 1.29 is 0 Å². The third kappa shape index (κ3) is 4.82. The molecular formula is C18H30N2. The van der Waals surface area contributed by atoms with Crippen molar-refractivity contribution >= 4 is 5.69 Å². The molecule has 20 heavy (non-hydrogen) atoms. The maximum atomic E-state index is 3.74. The van der Waals surface area contributed by atoms with E-state index in [9.17, 15) is 0 Å². The minimum absolute atomic E-state index is 0.575. The first-order valence-corrected chi connectivity index (χ1v) is 8.06. The summed E-state index contributed by atoms with van der Waals surface area (Å²) in [4.78, 5) is 2.34. The van der Waals surface area contributed by atoms with Gasteiger partial charge in [-0.25, -0.2) is 0 Å². The van der Waals surface area contributed by atoms with Gasteiger partial charge in [-0.1, -0.05) is 32.0 Å². The molecule has 2 heteroatoms. The summed E-state index contributed by atoms with van der Waals surface area (Å²) in [6, 6.07) is 11.4. The molecule has 0 saturated heterocycles. The molecule has 0 bridgehead atoms. The Balaban J connectivity index is 1.60. The van der Waals surface area contributed by atoms with Crippen LogP contribution in [0.25, 0.3) is 0 Å². The number of nitrogens with zero attached hydrogens (tertiary/aromatic N) is 1. The first-order valence-electron chi connectivity index (χ1n) is 8.06. The first-order chi connectivity index (χ1) is 9.57. The first kappa shape index (κ1) is 15.4. The van der Waals surface area contributed by atoms with Crippen LogP contribution in [0.4, 0.5) is 5.69 Å². The Bertz CT molecular complexity index is 376. The van der Waals surface area contributed by atoms with Gasteiger partial charge in [0.15, 0.2) is 0 Å². The topological polar surface area (TPSA) is 15.3 Å². The molecule has 0 radical (unpaired) electrons. The minimum Gasteiger partial charge on any atom is -0.375 e. The van der Waals surface area contributed by atoms with Crippen LogP contribution in [0.3, 0.4) is 0 Å². The molecule has 0 atom stereocenters. The lowest BCUT2D eigenvalue weighted by molar-refractivity contribution is 0.207. The normalized spacial score (nSPS) is 18.9. The Labute approximate surface area is 124 Å². The second kappa shape index (κ2) is 7.12. The number of para-hydroxylation sites is 1. The largest absolute Gasteiger partial charge is 0.375 e. The fourth-order valence-corrected chi connectivity index (χ4v) is 3.04. The number of rotatable bonds is 6. The van der Waals surface area contributed by atoms with Gasteiger partial charge in [0, 0.05) is 25.3 Å². The van der Waals surface area contributed by atoms with E-state index in [-0.39, 0.29) is 0 Å². The molecule has 112 valence electrons. The van der Waals surface area contributed by atoms with Crippen LogP contribution in [0.15, 0.2) is 30.3 Å². The van der Waals surface area contributed by atoms with Crippen LogP contribution in [0, 0.1) is 5.41 Å². The lowest BCUT2D eigenvalue weighted by atomic mass is 9.75. The van der Waals surface area contributed by atoms with Crippen LogP contribution in [0.2, 0.25) is 0 Å². The summed E-state index contributed by atoms with van der Waals surface area (Å²) in [5, 5.41) is 3.74. The predicted molar refractivity (Wildman–Crippen MR) is 88.4 cm³/mol. The Morgan fingerprint density at radius 3 is 2.45 bits per heavy atom. The summed E-state index contributed by atoms with van der Waals surface area (Å²) in [6.45, 7) is 7.06. The lowest BCUT2D eigenvalue weighted by Crippen LogP contribution is -2.36. The lowest BCUT2D eigenvalue weighted by Gasteiger charge is -2.34. The molecular weight excluding hydrogens is 244 g/mol. The fourth-order valence-electron chi connectivity index (χ4n) is 3.04. The van der Waals surface area contributed by atoms with Crippen LogP contribution >= 0.6 is 0 Å². The highest BCUT2D eigenvalue weighted by molar-refractivity contribution is 5.44. The van der Waals surface area contributed by atoms with Crippen molar-refractivity contribution in [3.8, 4) is 0 Å². The quantitative estimate of drug-likeness (QED) is 0.787. The van der Waals surface area contributed by atoms with E-state index in [0.717, 1.165) is 19.1 Å². The van der Waals surface area contributed by atoms with Gasteiger partial charge in [-0.2, -0.15) is 0 Å². The van der Waals surface area contributed by atoms with Crippen molar-refractivity contribution in [1.82, 2.24) is 5.32 Å². The predicted octanol–water partition coefficient (Wildman–Crippen LogP) is 4.07. The van der Waals surface area contributed by atoms with Crippen molar-refractivity contribution in [2.75, 3.05) is 25.0 Å². The van der Waals surface area contributed by atoms with Crippen molar-refractivity contribution in [1.29, 1.82) is 0 Å². The van der Waals surface area contributed by atoms with Crippen LogP contribution < -0.4 is 10.2 Å². The van der Waals surface area contributed by atoms with Crippen molar-refractivity contribution in [3.05, 3.63) is 30.3 Å². The van der Waals surface area contributed by atoms with Gasteiger partial charge >= 0.3 is 0 Å². The highest BCUT2D eigenvalue weighted by Crippen LogP contribution is 2.34. The molecule has 0 aliphatic heterocycles. The van der Waals surface area contributed by atoms with E-state index in [0.29, 0.717) is 5.41 Å². The summed E-state index contributed by atoms with van der Waals surface area (Å²) >= 11 is 0. The maximum absolute atomic E-state index is 3.74. The molecule has 2 nitrogen and oxygen atoms in total. The molecule has 0 heterocycles. The standard InChI is InChI=1S/C18H30N2/c1-18(2)12-10-16(11-13-18)19-14-7-15-20(3)17-8-5-4-6-9-17/h4-6,8-9,16,19H,7,10-15H2,1-3H3. The summed E-state index contributed by atoms with van der Waals surface area (Å²) in [5.74, 6) is 0. The van der Waals surface area contributed by atoms with Crippen LogP contribution in [0.1, 0.15) is 46.0 Å². The monoisotopic (exact) mass is 274 g/mol. The van der Waals surface area contributed by atoms with Crippen LogP contribution in [-0.2, 0) is 0 Å². The zero-order valence-corrected chi connectivity index (χ0v) is 13.4. The molecule has 1 aliphatic rings. The van der Waals surface area contributed by atoms with Gasteiger partial charge in [0.25, 0.3) is 0 Å². The highest BCUT2D eigenvalue weighted by atomic mass is 15.1. The third-order valence-corrected chi connectivity index (χ3v) is 4.64. The molecule has 0 amide bonds. The average Bonchev–Trinajstić information content (AvgIpc) is 2.46. The number of hydrogen-bond donors (Lipinski definition) is 1. The van der Waals surface area contributed by atoms with Gasteiger partial charge in [-0.05, 0) is 56.2 Å². The molecule has 1 saturated carbocycles. The maximum Gasteiger partial charge on any atom is 0.0363 e. The van der Waals surface area contributed by atoms with Gasteiger partial charge in [0.05, 0.1) is 0 Å². The molecule has 1 N–H and O–H groups in total. The molecule has 0 unspecified atom stereocenters. The number of hydrogen-bond acceptors (Lipinski definition) is 2. The van der Waals surface area contributed by atoms with Gasteiger partial charge in [-0.15, -0.1) is 0 Å². The van der Waals surface area contributed by atoms with Gasteiger partial charge in [0.2, 0.25) is 0 Å². The van der Waals surface area contributed by atoms with E-state index in [1.807, 2.05) is 0 Å². The molecule has 1 aliphatic carbocycles. The van der Waals surface area contributed by atoms with E-state index in [4.69, 9.17) is 0 Å². The molecule has 0 spiro atoms. The average molecular weight is 274 g/mol. The SMILES string of the molecule is CN(CCCNC1CCC(C)(C)CC1)c1ccccc1. The number of nitrogens with one attached hydrogen (secondary N) is 1. The van der Waals surface area contributed by atoms with Crippen LogP contribution in [-0.4, -0.2) is 26.2 Å². The highest BCUT2D eigenvalue weighted by Gasteiger charge is 2.26. The summed E-state index contributed by atoms with van der Waals surface area (Å²) < 4.78 is 0. The summed E-state index contributed by atoms with van der Waals surface area (Å²) in [7, 11) is 2.18.